The van der Waals surface area contributed by atoms with Crippen LogP contribution >= 0.6 is 0 Å². The molecule has 0 aromatic rings. The molecule has 5 unspecified atom stereocenters. The maximum atomic E-state index is 12.9. The molecule has 5 rings (SSSR count). The minimum absolute atomic E-state index is 0.0439. The lowest BCUT2D eigenvalue weighted by atomic mass is 9.35. The van der Waals surface area contributed by atoms with Crippen LogP contribution in [0.15, 0.2) is 0 Å². The van der Waals surface area contributed by atoms with E-state index < -0.39 is 5.60 Å². The quantitative estimate of drug-likeness (QED) is 0.487. The van der Waals surface area contributed by atoms with Crippen LogP contribution in [0, 0.1) is 45.3 Å². The van der Waals surface area contributed by atoms with Gasteiger partial charge in [0.05, 0.1) is 17.3 Å². The van der Waals surface area contributed by atoms with Crippen LogP contribution < -0.4 is 0 Å². The first kappa shape index (κ1) is 24.3. The Hall–Kier alpha value is -0.410. The highest BCUT2D eigenvalue weighted by atomic mass is 16.5. The van der Waals surface area contributed by atoms with E-state index >= 15 is 0 Å². The van der Waals surface area contributed by atoms with E-state index in [1.54, 1.807) is 0 Å². The van der Waals surface area contributed by atoms with Crippen LogP contribution in [0.25, 0.3) is 0 Å². The first-order valence-corrected chi connectivity index (χ1v) is 14.0. The molecule has 0 spiro atoms. The summed E-state index contributed by atoms with van der Waals surface area (Å²) in [6, 6.07) is 0. The van der Waals surface area contributed by atoms with Crippen molar-refractivity contribution < 1.29 is 14.6 Å². The van der Waals surface area contributed by atoms with Crippen LogP contribution in [0.2, 0.25) is 0 Å². The average molecular weight is 459 g/mol. The second-order valence-corrected chi connectivity index (χ2v) is 15.1. The lowest BCUT2D eigenvalue weighted by Crippen LogP contribution is -2.63. The summed E-state index contributed by atoms with van der Waals surface area (Å²) < 4.78 is 6.72. The number of hydrogen-bond acceptors (Lipinski definition) is 3. The van der Waals surface area contributed by atoms with Crippen LogP contribution in [0.1, 0.15) is 120 Å². The van der Waals surface area contributed by atoms with Gasteiger partial charge in [-0.1, -0.05) is 34.6 Å². The number of ketones is 1. The van der Waals surface area contributed by atoms with E-state index in [4.69, 9.17) is 4.74 Å². The van der Waals surface area contributed by atoms with E-state index in [9.17, 15) is 9.90 Å². The van der Waals surface area contributed by atoms with Gasteiger partial charge in [-0.15, -0.1) is 0 Å². The predicted molar refractivity (Wildman–Crippen MR) is 133 cm³/mol. The second-order valence-electron chi connectivity index (χ2n) is 15.1. The lowest BCUT2D eigenvalue weighted by Gasteiger charge is -2.69. The minimum Gasteiger partial charge on any atom is -0.388 e. The van der Waals surface area contributed by atoms with Crippen LogP contribution in [-0.2, 0) is 9.53 Å². The third-order valence-electron chi connectivity index (χ3n) is 13.0. The van der Waals surface area contributed by atoms with E-state index in [1.807, 2.05) is 13.8 Å². The third kappa shape index (κ3) is 3.09. The van der Waals surface area contributed by atoms with Gasteiger partial charge in [0.2, 0.25) is 0 Å². The number of hydrogen-bond donors (Lipinski definition) is 1. The van der Waals surface area contributed by atoms with Gasteiger partial charge in [0.15, 0.2) is 0 Å². The Morgan fingerprint density at radius 2 is 1.45 bits per heavy atom. The van der Waals surface area contributed by atoms with Crippen LogP contribution in [0.3, 0.4) is 0 Å². The molecule has 9 atom stereocenters. The van der Waals surface area contributed by atoms with E-state index in [1.165, 1.54) is 38.5 Å². The van der Waals surface area contributed by atoms with Crippen molar-refractivity contribution in [2.75, 3.05) is 0 Å². The molecular formula is C30H50O3. The van der Waals surface area contributed by atoms with Gasteiger partial charge in [-0.3, -0.25) is 4.79 Å². The fourth-order valence-electron chi connectivity index (χ4n) is 10.9. The molecule has 0 bridgehead atoms. The highest BCUT2D eigenvalue weighted by molar-refractivity contribution is 5.85. The fourth-order valence-corrected chi connectivity index (χ4v) is 10.9. The zero-order valence-corrected chi connectivity index (χ0v) is 22.7. The van der Waals surface area contributed by atoms with Crippen LogP contribution in [0.5, 0.6) is 0 Å². The molecule has 1 N–H and O–H groups in total. The normalized spacial score (nSPS) is 54.0. The molecule has 1 aliphatic heterocycles. The van der Waals surface area contributed by atoms with Gasteiger partial charge in [-0.05, 0) is 118 Å². The van der Waals surface area contributed by atoms with Gasteiger partial charge >= 0.3 is 0 Å². The molecule has 1 heterocycles. The minimum atomic E-state index is -0.762. The SMILES string of the molecule is CC(C)(O)C1CC[C@](C)(C2CC[C@]3(C)C2CCC2[C@@]4(C)CCC(=O)C(C)(C)C4CC[C@]23C)O1. The van der Waals surface area contributed by atoms with Crippen LogP contribution in [-0.4, -0.2) is 28.2 Å². The predicted octanol–water partition coefficient (Wildman–Crippen LogP) is 6.95. The van der Waals surface area contributed by atoms with E-state index in [2.05, 4.69) is 41.5 Å². The van der Waals surface area contributed by atoms with Crippen molar-refractivity contribution >= 4 is 5.78 Å². The summed E-state index contributed by atoms with van der Waals surface area (Å²) in [5, 5.41) is 10.6. The Bertz CT molecular complexity index is 825. The summed E-state index contributed by atoms with van der Waals surface area (Å²) >= 11 is 0. The van der Waals surface area contributed by atoms with Crippen molar-refractivity contribution in [3.63, 3.8) is 0 Å². The Balaban J connectivity index is 1.45. The van der Waals surface area contributed by atoms with Crippen molar-refractivity contribution in [2.24, 2.45) is 45.3 Å². The standard InChI is InChI=1S/C30H50O3/c1-25(2)21-12-17-29(7)22(27(21,5)15-13-23(25)31)10-9-19-20(11-16-28(19,29)6)30(8)18-14-24(33-30)26(3,4)32/h19-22,24,32H,9-18H2,1-8H3/t19?,20?,21?,22?,24?,27-,28+,29+,30+/m0/s1. The molecule has 188 valence electrons. The van der Waals surface area contributed by atoms with Gasteiger partial charge in [0.25, 0.3) is 0 Å². The number of rotatable bonds is 2. The second kappa shape index (κ2) is 7.09. The van der Waals surface area contributed by atoms with Crippen molar-refractivity contribution in [2.45, 2.75) is 137 Å². The fraction of sp³-hybridized carbons (Fsp3) is 0.967. The molecule has 3 heteroatoms. The molecule has 1 saturated heterocycles. The molecule has 33 heavy (non-hydrogen) atoms. The number of carbonyl (C=O) groups excluding carboxylic acids is 1. The van der Waals surface area contributed by atoms with E-state index in [-0.39, 0.29) is 22.5 Å². The number of fused-ring (bicyclic) bond motifs is 5. The molecule has 0 amide bonds. The Morgan fingerprint density at radius 3 is 2.09 bits per heavy atom. The molecule has 4 aliphatic carbocycles. The number of aliphatic hydroxyl groups is 1. The van der Waals surface area contributed by atoms with Crippen LogP contribution in [0.4, 0.5) is 0 Å². The highest BCUT2D eigenvalue weighted by Crippen LogP contribution is 2.75. The maximum absolute atomic E-state index is 12.9. The van der Waals surface area contributed by atoms with Crippen molar-refractivity contribution in [1.82, 2.24) is 0 Å². The van der Waals surface area contributed by atoms with Gasteiger partial charge < -0.3 is 9.84 Å². The Kier molecular flexibility index (Phi) is 5.22. The zero-order valence-electron chi connectivity index (χ0n) is 22.7. The number of carbonyl (C=O) groups is 1. The van der Waals surface area contributed by atoms with Gasteiger partial charge in [-0.2, -0.15) is 0 Å². The van der Waals surface area contributed by atoms with Gasteiger partial charge in [0.1, 0.15) is 5.78 Å². The molecule has 4 saturated carbocycles. The van der Waals surface area contributed by atoms with Gasteiger partial charge in [-0.25, -0.2) is 0 Å². The number of Topliss-reactive ketones (excluding diaryl/α,β-unsaturated/α-hetero) is 1. The molecule has 5 aliphatic rings. The maximum Gasteiger partial charge on any atom is 0.138 e. The summed E-state index contributed by atoms with van der Waals surface area (Å²) in [4.78, 5) is 12.9. The van der Waals surface area contributed by atoms with E-state index in [0.717, 1.165) is 31.6 Å². The third-order valence-corrected chi connectivity index (χ3v) is 13.0. The molecule has 0 radical (unpaired) electrons. The molecule has 3 nitrogen and oxygen atoms in total. The van der Waals surface area contributed by atoms with Gasteiger partial charge in [0, 0.05) is 11.8 Å². The average Bonchev–Trinajstić information content (AvgIpc) is 3.27. The summed E-state index contributed by atoms with van der Waals surface area (Å²) in [6.45, 7) is 18.5. The summed E-state index contributed by atoms with van der Waals surface area (Å²) in [6.07, 6.45) is 11.6. The van der Waals surface area contributed by atoms with E-state index in [0.29, 0.717) is 34.4 Å². The van der Waals surface area contributed by atoms with Crippen molar-refractivity contribution in [1.29, 1.82) is 0 Å². The van der Waals surface area contributed by atoms with Crippen molar-refractivity contribution in [3.05, 3.63) is 0 Å². The number of ether oxygens (including phenoxy) is 1. The zero-order chi connectivity index (χ0) is 24.2. The first-order valence-electron chi connectivity index (χ1n) is 14.0. The molecule has 0 aromatic heterocycles. The molecule has 5 fully saturated rings. The Labute approximate surface area is 202 Å². The summed E-state index contributed by atoms with van der Waals surface area (Å²) in [5.41, 5.74) is -0.0493. The summed E-state index contributed by atoms with van der Waals surface area (Å²) in [5.74, 6) is 3.06. The smallest absolute Gasteiger partial charge is 0.138 e. The topological polar surface area (TPSA) is 46.5 Å². The molecular weight excluding hydrogens is 408 g/mol. The van der Waals surface area contributed by atoms with Crippen molar-refractivity contribution in [3.8, 4) is 0 Å². The first-order chi connectivity index (χ1) is 15.1. The summed E-state index contributed by atoms with van der Waals surface area (Å²) in [7, 11) is 0. The Morgan fingerprint density at radius 1 is 0.788 bits per heavy atom. The lowest BCUT2D eigenvalue weighted by molar-refractivity contribution is -0.210. The monoisotopic (exact) mass is 458 g/mol. The molecule has 0 aromatic carbocycles. The highest BCUT2D eigenvalue weighted by Gasteiger charge is 2.70. The largest absolute Gasteiger partial charge is 0.388 e.